The SMILES string of the molecule is Cc1ccc2oc(C(NN)c3ccc(Br)cn3)cc2c1. The minimum absolute atomic E-state index is 0.268. The second-order valence-electron chi connectivity index (χ2n) is 4.69. The highest BCUT2D eigenvalue weighted by atomic mass is 79.9. The normalized spacial score (nSPS) is 12.8. The van der Waals surface area contributed by atoms with Crippen LogP contribution in [0.4, 0.5) is 0 Å². The van der Waals surface area contributed by atoms with Crippen molar-refractivity contribution in [2.75, 3.05) is 0 Å². The van der Waals surface area contributed by atoms with Crippen molar-refractivity contribution < 1.29 is 4.42 Å². The minimum Gasteiger partial charge on any atom is -0.459 e. The number of nitrogens with one attached hydrogen (secondary N) is 1. The van der Waals surface area contributed by atoms with Crippen LogP contribution in [0.1, 0.15) is 23.1 Å². The molecule has 0 saturated heterocycles. The number of rotatable bonds is 3. The van der Waals surface area contributed by atoms with E-state index in [-0.39, 0.29) is 6.04 Å². The van der Waals surface area contributed by atoms with Crippen LogP contribution in [0.5, 0.6) is 0 Å². The first-order chi connectivity index (χ1) is 9.67. The molecule has 1 unspecified atom stereocenters. The summed E-state index contributed by atoms with van der Waals surface area (Å²) in [5, 5.41) is 1.07. The molecule has 0 bridgehead atoms. The van der Waals surface area contributed by atoms with E-state index in [0.29, 0.717) is 0 Å². The van der Waals surface area contributed by atoms with Gasteiger partial charge >= 0.3 is 0 Å². The van der Waals surface area contributed by atoms with Crippen molar-refractivity contribution >= 4 is 26.9 Å². The topological polar surface area (TPSA) is 64.1 Å². The highest BCUT2D eigenvalue weighted by Gasteiger charge is 2.18. The fourth-order valence-electron chi connectivity index (χ4n) is 2.20. The van der Waals surface area contributed by atoms with Gasteiger partial charge in [-0.05, 0) is 53.2 Å². The average Bonchev–Trinajstić information content (AvgIpc) is 2.84. The van der Waals surface area contributed by atoms with E-state index in [4.69, 9.17) is 10.3 Å². The summed E-state index contributed by atoms with van der Waals surface area (Å²) in [6.07, 6.45) is 1.74. The third-order valence-electron chi connectivity index (χ3n) is 3.19. The molecule has 0 saturated carbocycles. The van der Waals surface area contributed by atoms with Crippen molar-refractivity contribution in [3.63, 3.8) is 0 Å². The Hall–Kier alpha value is -1.69. The van der Waals surface area contributed by atoms with E-state index >= 15 is 0 Å². The fourth-order valence-corrected chi connectivity index (χ4v) is 2.43. The number of nitrogens with zero attached hydrogens (tertiary/aromatic N) is 1. The maximum absolute atomic E-state index is 5.87. The molecule has 2 aromatic heterocycles. The number of halogens is 1. The zero-order chi connectivity index (χ0) is 14.1. The fraction of sp³-hybridized carbons (Fsp3) is 0.133. The molecule has 3 aromatic rings. The molecule has 102 valence electrons. The number of hydrogen-bond acceptors (Lipinski definition) is 4. The first-order valence-electron chi connectivity index (χ1n) is 6.25. The Balaban J connectivity index is 2.04. The summed E-state index contributed by atoms with van der Waals surface area (Å²) in [5.74, 6) is 6.42. The predicted octanol–water partition coefficient (Wildman–Crippen LogP) is 3.45. The third-order valence-corrected chi connectivity index (χ3v) is 3.66. The molecule has 0 aliphatic carbocycles. The molecule has 1 aromatic carbocycles. The Morgan fingerprint density at radius 1 is 1.25 bits per heavy atom. The van der Waals surface area contributed by atoms with Crippen LogP contribution in [0.2, 0.25) is 0 Å². The van der Waals surface area contributed by atoms with Gasteiger partial charge in [0, 0.05) is 16.1 Å². The number of fused-ring (bicyclic) bond motifs is 1. The number of hydrogen-bond donors (Lipinski definition) is 2. The molecular weight excluding hydrogens is 318 g/mol. The van der Waals surface area contributed by atoms with Crippen LogP contribution in [-0.4, -0.2) is 4.98 Å². The van der Waals surface area contributed by atoms with E-state index in [9.17, 15) is 0 Å². The quantitative estimate of drug-likeness (QED) is 0.570. The van der Waals surface area contributed by atoms with Gasteiger partial charge in [-0.3, -0.25) is 10.8 Å². The van der Waals surface area contributed by atoms with Gasteiger partial charge in [0.05, 0.1) is 5.69 Å². The van der Waals surface area contributed by atoms with Gasteiger partial charge < -0.3 is 4.42 Å². The lowest BCUT2D eigenvalue weighted by Crippen LogP contribution is -2.29. The van der Waals surface area contributed by atoms with Crippen LogP contribution >= 0.6 is 15.9 Å². The highest BCUT2D eigenvalue weighted by Crippen LogP contribution is 2.28. The van der Waals surface area contributed by atoms with Crippen LogP contribution < -0.4 is 11.3 Å². The Morgan fingerprint density at radius 2 is 2.10 bits per heavy atom. The van der Waals surface area contributed by atoms with E-state index in [0.717, 1.165) is 26.9 Å². The lowest BCUT2D eigenvalue weighted by atomic mass is 10.1. The van der Waals surface area contributed by atoms with Gasteiger partial charge in [-0.1, -0.05) is 11.6 Å². The zero-order valence-electron chi connectivity index (χ0n) is 10.9. The lowest BCUT2D eigenvalue weighted by Gasteiger charge is -2.12. The summed E-state index contributed by atoms with van der Waals surface area (Å²) in [6, 6.07) is 11.7. The number of aromatic nitrogens is 1. The van der Waals surface area contributed by atoms with Gasteiger partial charge in [0.1, 0.15) is 17.4 Å². The number of aryl methyl sites for hydroxylation is 1. The number of pyridine rings is 1. The molecule has 2 heterocycles. The standard InChI is InChI=1S/C15H14BrN3O/c1-9-2-5-13-10(6-9)7-14(20-13)15(19-17)12-4-3-11(16)8-18-12/h2-8,15,19H,17H2,1H3. The van der Waals surface area contributed by atoms with Crippen molar-refractivity contribution in [2.45, 2.75) is 13.0 Å². The van der Waals surface area contributed by atoms with Gasteiger partial charge in [-0.2, -0.15) is 0 Å². The molecule has 3 rings (SSSR count). The Morgan fingerprint density at radius 3 is 2.80 bits per heavy atom. The van der Waals surface area contributed by atoms with E-state index in [1.807, 2.05) is 30.3 Å². The summed E-state index contributed by atoms with van der Waals surface area (Å²) in [6.45, 7) is 2.06. The number of nitrogens with two attached hydrogens (primary N) is 1. The van der Waals surface area contributed by atoms with E-state index in [1.54, 1.807) is 6.20 Å². The molecule has 0 spiro atoms. The first-order valence-corrected chi connectivity index (χ1v) is 7.04. The van der Waals surface area contributed by atoms with Crippen LogP contribution in [-0.2, 0) is 0 Å². The molecule has 20 heavy (non-hydrogen) atoms. The van der Waals surface area contributed by atoms with Gasteiger partial charge in [0.25, 0.3) is 0 Å². The predicted molar refractivity (Wildman–Crippen MR) is 82.1 cm³/mol. The van der Waals surface area contributed by atoms with Gasteiger partial charge in [-0.15, -0.1) is 0 Å². The summed E-state index contributed by atoms with van der Waals surface area (Å²) in [7, 11) is 0. The molecule has 1 atom stereocenters. The number of benzene rings is 1. The summed E-state index contributed by atoms with van der Waals surface area (Å²) < 4.78 is 6.79. The van der Waals surface area contributed by atoms with Crippen molar-refractivity contribution in [1.29, 1.82) is 0 Å². The number of furan rings is 1. The molecule has 0 aliphatic rings. The Kier molecular flexibility index (Phi) is 3.56. The van der Waals surface area contributed by atoms with Crippen LogP contribution in [0.15, 0.2) is 51.5 Å². The smallest absolute Gasteiger partial charge is 0.134 e. The lowest BCUT2D eigenvalue weighted by molar-refractivity contribution is 0.471. The monoisotopic (exact) mass is 331 g/mol. The molecule has 5 heteroatoms. The van der Waals surface area contributed by atoms with Crippen LogP contribution in [0, 0.1) is 6.92 Å². The molecule has 3 N–H and O–H groups in total. The van der Waals surface area contributed by atoms with Gasteiger partial charge in [0.15, 0.2) is 0 Å². The molecule has 0 aliphatic heterocycles. The number of hydrazine groups is 1. The second-order valence-corrected chi connectivity index (χ2v) is 5.61. The largest absolute Gasteiger partial charge is 0.459 e. The van der Waals surface area contributed by atoms with Crippen molar-refractivity contribution in [3.05, 3.63) is 64.1 Å². The van der Waals surface area contributed by atoms with Crippen molar-refractivity contribution in [1.82, 2.24) is 10.4 Å². The molecule has 4 nitrogen and oxygen atoms in total. The third kappa shape index (κ3) is 2.47. The van der Waals surface area contributed by atoms with Gasteiger partial charge in [-0.25, -0.2) is 5.43 Å². The molecule has 0 amide bonds. The molecular formula is C15H14BrN3O. The van der Waals surface area contributed by atoms with Crippen LogP contribution in [0.25, 0.3) is 11.0 Å². The summed E-state index contributed by atoms with van der Waals surface area (Å²) in [4.78, 5) is 4.36. The summed E-state index contributed by atoms with van der Waals surface area (Å²) in [5.41, 5.74) is 5.62. The minimum atomic E-state index is -0.268. The Bertz CT molecular complexity index is 736. The van der Waals surface area contributed by atoms with Crippen molar-refractivity contribution in [2.24, 2.45) is 5.84 Å². The maximum Gasteiger partial charge on any atom is 0.134 e. The maximum atomic E-state index is 5.87. The van der Waals surface area contributed by atoms with E-state index in [1.165, 1.54) is 5.56 Å². The molecule has 0 radical (unpaired) electrons. The molecule has 0 fully saturated rings. The Labute approximate surface area is 125 Å². The van der Waals surface area contributed by atoms with E-state index in [2.05, 4.69) is 39.3 Å². The second kappa shape index (κ2) is 5.36. The summed E-state index contributed by atoms with van der Waals surface area (Å²) >= 11 is 3.37. The zero-order valence-corrected chi connectivity index (χ0v) is 12.5. The first kappa shape index (κ1) is 13.3. The van der Waals surface area contributed by atoms with Crippen molar-refractivity contribution in [3.8, 4) is 0 Å². The van der Waals surface area contributed by atoms with E-state index < -0.39 is 0 Å². The highest BCUT2D eigenvalue weighted by molar-refractivity contribution is 9.10. The van der Waals surface area contributed by atoms with Crippen LogP contribution in [0.3, 0.4) is 0 Å². The average molecular weight is 332 g/mol. The van der Waals surface area contributed by atoms with Gasteiger partial charge in [0.2, 0.25) is 0 Å².